The number of halogens is 3. The van der Waals surface area contributed by atoms with Crippen LogP contribution in [0.5, 0.6) is 0 Å². The molecule has 3 heterocycles. The predicted molar refractivity (Wildman–Crippen MR) is 170 cm³/mol. The molecule has 1 aliphatic heterocycles. The molecule has 236 valence electrons. The zero-order chi connectivity index (χ0) is 32.8. The number of nitrogens with one attached hydrogen (secondary N) is 1. The molecular formula is C31H31ClF2N6O4S. The number of piperazine rings is 1. The summed E-state index contributed by atoms with van der Waals surface area (Å²) in [5.41, 5.74) is -1.42. The van der Waals surface area contributed by atoms with Crippen LogP contribution in [0.3, 0.4) is 0 Å². The average molecular weight is 657 g/mol. The van der Waals surface area contributed by atoms with Crippen molar-refractivity contribution in [1.82, 2.24) is 14.9 Å². The minimum absolute atomic E-state index is 0.00640. The highest BCUT2D eigenvalue weighted by Crippen LogP contribution is 2.46. The summed E-state index contributed by atoms with van der Waals surface area (Å²) in [6.45, 7) is 12.0. The Labute approximate surface area is 267 Å². The first-order chi connectivity index (χ1) is 21.1. The second-order valence-electron chi connectivity index (χ2n) is 12.4. The lowest BCUT2D eigenvalue weighted by Crippen LogP contribution is -2.50. The molecule has 0 bridgehead atoms. The van der Waals surface area contributed by atoms with Crippen molar-refractivity contribution < 1.29 is 27.8 Å². The summed E-state index contributed by atoms with van der Waals surface area (Å²) < 4.78 is 42.3. The zero-order valence-electron chi connectivity index (χ0n) is 25.5. The minimum atomic E-state index is -0.821. The summed E-state index contributed by atoms with van der Waals surface area (Å²) in [6, 6.07) is 6.05. The molecular weight excluding hydrogens is 626 g/mol. The number of aromatic nitrogens is 2. The number of nitriles is 1. The third-order valence-corrected chi connectivity index (χ3v) is 8.23. The van der Waals surface area contributed by atoms with Crippen LogP contribution in [0.15, 0.2) is 24.5 Å². The third kappa shape index (κ3) is 6.57. The summed E-state index contributed by atoms with van der Waals surface area (Å²) in [6.07, 6.45) is 0.0137. The monoisotopic (exact) mass is 656 g/mol. The first-order valence-corrected chi connectivity index (χ1v) is 15.3. The van der Waals surface area contributed by atoms with Crippen LogP contribution in [0.2, 0.25) is 5.02 Å². The summed E-state index contributed by atoms with van der Waals surface area (Å²) in [7, 11) is 0. The van der Waals surface area contributed by atoms with Crippen molar-refractivity contribution in [3.63, 3.8) is 0 Å². The number of carbonyl (C=O) groups excluding carboxylic acids is 2. The Bertz CT molecular complexity index is 1870. The van der Waals surface area contributed by atoms with Gasteiger partial charge in [-0.15, -0.1) is 11.3 Å². The molecule has 45 heavy (non-hydrogen) atoms. The molecule has 1 saturated heterocycles. The van der Waals surface area contributed by atoms with Gasteiger partial charge in [0.15, 0.2) is 5.82 Å². The van der Waals surface area contributed by atoms with E-state index in [1.807, 2.05) is 11.0 Å². The van der Waals surface area contributed by atoms with Gasteiger partial charge < -0.3 is 19.3 Å². The molecule has 0 spiro atoms. The van der Waals surface area contributed by atoms with Crippen LogP contribution >= 0.6 is 22.9 Å². The number of benzene rings is 2. The predicted octanol–water partition coefficient (Wildman–Crippen LogP) is 7.72. The van der Waals surface area contributed by atoms with Crippen molar-refractivity contribution in [2.45, 2.75) is 52.7 Å². The van der Waals surface area contributed by atoms with Crippen molar-refractivity contribution in [3.05, 3.63) is 46.7 Å². The highest BCUT2D eigenvalue weighted by molar-refractivity contribution is 7.23. The van der Waals surface area contributed by atoms with Crippen molar-refractivity contribution in [1.29, 1.82) is 5.26 Å². The smallest absolute Gasteiger partial charge is 0.412 e. The van der Waals surface area contributed by atoms with Crippen LogP contribution < -0.4 is 10.2 Å². The average Bonchev–Trinajstić information content (AvgIpc) is 3.30. The standard InChI is InChI=1S/C31H31ClF2N6O4S/c1-30(2,3)43-28(41)38-27-18(14-35)21-16(7-8-20(33)25(21)45-27)22-19(32)13-17-24(23(22)34)36-15-37-26(17)39-9-11-40(12-10-39)29(42)44-31(4,5)6/h7-8,13,15H,9-12H2,1-6H3,(H,38,41). The van der Waals surface area contributed by atoms with Gasteiger partial charge in [-0.3, -0.25) is 5.32 Å². The van der Waals surface area contributed by atoms with Crippen molar-refractivity contribution in [3.8, 4) is 17.2 Å². The number of anilines is 2. The Kier molecular flexibility index (Phi) is 8.50. The number of hydrogen-bond donors (Lipinski definition) is 1. The van der Waals surface area contributed by atoms with E-state index in [0.29, 0.717) is 37.4 Å². The molecule has 4 aromatic rings. The number of carbonyl (C=O) groups is 2. The van der Waals surface area contributed by atoms with Crippen LogP contribution in [0.1, 0.15) is 47.1 Å². The van der Waals surface area contributed by atoms with Crippen molar-refractivity contribution >= 4 is 66.9 Å². The van der Waals surface area contributed by atoms with E-state index in [-0.39, 0.29) is 42.3 Å². The van der Waals surface area contributed by atoms with Crippen molar-refractivity contribution in [2.75, 3.05) is 36.4 Å². The fraction of sp³-hybridized carbons (Fsp3) is 0.387. The molecule has 5 rings (SSSR count). The second kappa shape index (κ2) is 11.9. The SMILES string of the molecule is CC(C)(C)OC(=O)Nc1sc2c(F)ccc(-c3c(Cl)cc4c(N5CCN(C(=O)OC(C)(C)C)CC5)ncnc4c3F)c2c1C#N. The zero-order valence-corrected chi connectivity index (χ0v) is 27.1. The molecule has 14 heteroatoms. The number of amides is 2. The highest BCUT2D eigenvalue weighted by atomic mass is 35.5. The molecule has 1 aliphatic rings. The number of ether oxygens (including phenoxy) is 2. The van der Waals surface area contributed by atoms with Gasteiger partial charge in [-0.25, -0.2) is 28.3 Å². The maximum atomic E-state index is 16.4. The van der Waals surface area contributed by atoms with Crippen LogP contribution in [0.25, 0.3) is 32.1 Å². The molecule has 10 nitrogen and oxygen atoms in total. The number of hydrogen-bond acceptors (Lipinski definition) is 9. The van der Waals surface area contributed by atoms with E-state index >= 15 is 8.78 Å². The van der Waals surface area contributed by atoms with E-state index < -0.39 is 35.0 Å². The Hall–Kier alpha value is -4.28. The van der Waals surface area contributed by atoms with E-state index in [0.717, 1.165) is 17.4 Å². The van der Waals surface area contributed by atoms with Crippen molar-refractivity contribution in [2.24, 2.45) is 0 Å². The van der Waals surface area contributed by atoms with E-state index in [2.05, 4.69) is 15.3 Å². The third-order valence-electron chi connectivity index (χ3n) is 6.82. The van der Waals surface area contributed by atoms with Gasteiger partial charge in [0.25, 0.3) is 0 Å². The summed E-state index contributed by atoms with van der Waals surface area (Å²) in [5.74, 6) is -0.990. The summed E-state index contributed by atoms with van der Waals surface area (Å²) in [5, 5.41) is 13.1. The van der Waals surface area contributed by atoms with Gasteiger partial charge in [0.2, 0.25) is 0 Å². The first-order valence-electron chi connectivity index (χ1n) is 14.1. The van der Waals surface area contributed by atoms with Gasteiger partial charge in [0, 0.05) is 42.5 Å². The lowest BCUT2D eigenvalue weighted by molar-refractivity contribution is 0.0240. The van der Waals surface area contributed by atoms with Crippen LogP contribution in [0, 0.1) is 23.0 Å². The molecule has 0 aliphatic carbocycles. The second-order valence-corrected chi connectivity index (χ2v) is 13.9. The van der Waals surface area contributed by atoms with Gasteiger partial charge in [-0.1, -0.05) is 17.7 Å². The summed E-state index contributed by atoms with van der Waals surface area (Å²) in [4.78, 5) is 37.1. The van der Waals surface area contributed by atoms with Crippen LogP contribution in [-0.4, -0.2) is 64.4 Å². The van der Waals surface area contributed by atoms with E-state index in [1.54, 1.807) is 52.5 Å². The van der Waals surface area contributed by atoms with Gasteiger partial charge in [0.1, 0.15) is 45.8 Å². The first kappa shape index (κ1) is 32.1. The van der Waals surface area contributed by atoms with Gasteiger partial charge in [-0.2, -0.15) is 5.26 Å². The molecule has 0 radical (unpaired) electrons. The number of thiophene rings is 1. The topological polar surface area (TPSA) is 121 Å². The largest absolute Gasteiger partial charge is 0.444 e. The molecule has 0 atom stereocenters. The maximum absolute atomic E-state index is 16.4. The Morgan fingerprint density at radius 2 is 1.71 bits per heavy atom. The molecule has 1 fully saturated rings. The lowest BCUT2D eigenvalue weighted by Gasteiger charge is -2.36. The van der Waals surface area contributed by atoms with Gasteiger partial charge in [0.05, 0.1) is 15.3 Å². The molecule has 2 aromatic heterocycles. The molecule has 2 aromatic carbocycles. The summed E-state index contributed by atoms with van der Waals surface area (Å²) >= 11 is 7.57. The minimum Gasteiger partial charge on any atom is -0.444 e. The van der Waals surface area contributed by atoms with Gasteiger partial charge in [-0.05, 0) is 59.2 Å². The molecule has 0 saturated carbocycles. The van der Waals surface area contributed by atoms with E-state index in [1.165, 1.54) is 12.4 Å². The number of rotatable bonds is 3. The Morgan fingerprint density at radius 1 is 1.04 bits per heavy atom. The molecule has 1 N–H and O–H groups in total. The fourth-order valence-corrected chi connectivity index (χ4v) is 6.38. The van der Waals surface area contributed by atoms with Gasteiger partial charge >= 0.3 is 12.2 Å². The highest BCUT2D eigenvalue weighted by Gasteiger charge is 2.29. The normalized spacial score (nSPS) is 14.0. The van der Waals surface area contributed by atoms with E-state index in [9.17, 15) is 14.9 Å². The molecule has 0 unspecified atom stereocenters. The maximum Gasteiger partial charge on any atom is 0.412 e. The number of fused-ring (bicyclic) bond motifs is 2. The van der Waals surface area contributed by atoms with Crippen LogP contribution in [0.4, 0.5) is 29.2 Å². The quantitative estimate of drug-likeness (QED) is 0.238. The number of nitrogens with zero attached hydrogens (tertiary/aromatic N) is 5. The lowest BCUT2D eigenvalue weighted by atomic mass is 9.97. The molecule has 2 amide bonds. The van der Waals surface area contributed by atoms with E-state index in [4.69, 9.17) is 21.1 Å². The fourth-order valence-electron chi connectivity index (χ4n) is 5.01. The Morgan fingerprint density at radius 3 is 2.33 bits per heavy atom. The van der Waals surface area contributed by atoms with Crippen LogP contribution in [-0.2, 0) is 9.47 Å². The Balaban J connectivity index is 1.54.